The quantitative estimate of drug-likeness (QED) is 0.0693. The van der Waals surface area contributed by atoms with Crippen LogP contribution in [0.1, 0.15) is 51.8 Å². The summed E-state index contributed by atoms with van der Waals surface area (Å²) in [4.78, 5) is 69.0. The molecule has 1 unspecified atom stereocenters. The van der Waals surface area contributed by atoms with E-state index < -0.39 is 209 Å². The van der Waals surface area contributed by atoms with Crippen LogP contribution in [0.15, 0.2) is 30.3 Å². The highest BCUT2D eigenvalue weighted by atomic mass is 16.7. The maximum atomic E-state index is 14.9. The number of aromatic carboxylic acids is 1. The van der Waals surface area contributed by atoms with Crippen molar-refractivity contribution in [3.63, 3.8) is 0 Å². The Hall–Kier alpha value is -9.63. The van der Waals surface area contributed by atoms with Crippen LogP contribution >= 0.6 is 0 Å². The van der Waals surface area contributed by atoms with Crippen molar-refractivity contribution in [2.75, 3.05) is 6.61 Å². The number of ether oxygens (including phenoxy) is 6. The van der Waals surface area contributed by atoms with Crippen LogP contribution in [0.25, 0.3) is 22.3 Å². The molecular weight excluding hydrogens is 924 g/mol. The molecule has 5 atom stereocenters. The van der Waals surface area contributed by atoms with E-state index in [9.17, 15) is 106 Å². The highest BCUT2D eigenvalue weighted by Crippen LogP contribution is 2.59. The Labute approximate surface area is 373 Å². The van der Waals surface area contributed by atoms with Crippen LogP contribution in [0.5, 0.6) is 92.0 Å². The van der Waals surface area contributed by atoms with Gasteiger partial charge in [-0.3, -0.25) is 0 Å². The number of hydrogen-bond acceptors (Lipinski definition) is 26. The minimum absolute atomic E-state index is 0.393. The molecule has 1 fully saturated rings. The number of cyclic esters (lactones) is 1. The molecule has 1 saturated heterocycles. The summed E-state index contributed by atoms with van der Waals surface area (Å²) in [5.74, 6) is -31.8. The first-order chi connectivity index (χ1) is 31.9. The molecule has 0 aliphatic carbocycles. The van der Waals surface area contributed by atoms with Crippen LogP contribution < -0.4 is 4.74 Å². The van der Waals surface area contributed by atoms with Gasteiger partial charge in [0.05, 0.1) is 27.8 Å². The van der Waals surface area contributed by atoms with Gasteiger partial charge >= 0.3 is 29.8 Å². The van der Waals surface area contributed by atoms with Gasteiger partial charge in [0.25, 0.3) is 0 Å². The molecule has 354 valence electrons. The topological polar surface area (TPSA) is 464 Å². The van der Waals surface area contributed by atoms with Crippen LogP contribution in [0.3, 0.4) is 0 Å². The third-order valence-corrected chi connectivity index (χ3v) is 10.7. The average molecular weight is 953 g/mol. The van der Waals surface area contributed by atoms with E-state index in [1.807, 2.05) is 0 Å². The summed E-state index contributed by atoms with van der Waals surface area (Å²) < 4.78 is 32.9. The van der Waals surface area contributed by atoms with E-state index >= 15 is 0 Å². The van der Waals surface area contributed by atoms with Gasteiger partial charge < -0.3 is 110 Å². The Morgan fingerprint density at radius 2 is 0.912 bits per heavy atom. The number of carboxylic acids is 1. The number of carbonyl (C=O) groups excluding carboxylic acids is 4. The summed E-state index contributed by atoms with van der Waals surface area (Å²) in [6, 6.07) is 2.23. The molecular formula is C41H28O27. The van der Waals surface area contributed by atoms with Crippen LogP contribution in [0, 0.1) is 0 Å². The van der Waals surface area contributed by atoms with Crippen molar-refractivity contribution in [3.05, 3.63) is 58.1 Å². The van der Waals surface area contributed by atoms with E-state index in [4.69, 9.17) is 28.4 Å². The number of carboxylic acid groups (broad SMARTS) is 1. The normalized spacial score (nSPS) is 19.9. The number of hydrogen-bond donors (Lipinski definition) is 16. The summed E-state index contributed by atoms with van der Waals surface area (Å²) in [5, 5.41) is 172. The lowest BCUT2D eigenvalue weighted by molar-refractivity contribution is -0.284. The second-order valence-corrected chi connectivity index (χ2v) is 14.7. The SMILES string of the molecule is O=C(O)c1cc(O)c(O)c(Oc2c(O)c(O)c(O)c3c2C(=O)O[C@H]2[C@@H]4OC(=O)c5cc(O)c(O)c(O)c5-c5c(cc(O)c(O)c5O)C(=O)O[C@H]4C(O)O[C@@H]2COC(=O)c2cc(O)c(O)c(O)c2-3)c1. The molecule has 3 aliphatic heterocycles. The Kier molecular flexibility index (Phi) is 10.5. The zero-order valence-corrected chi connectivity index (χ0v) is 33.1. The number of aliphatic hydroxyl groups is 1. The highest BCUT2D eigenvalue weighted by molar-refractivity contribution is 6.11. The third kappa shape index (κ3) is 6.80. The molecule has 0 aromatic heterocycles. The molecule has 5 aromatic carbocycles. The zero-order valence-electron chi connectivity index (χ0n) is 33.1. The van der Waals surface area contributed by atoms with Gasteiger partial charge in [0.2, 0.25) is 34.5 Å². The van der Waals surface area contributed by atoms with Gasteiger partial charge in [-0.25, -0.2) is 24.0 Å². The molecule has 0 amide bonds. The van der Waals surface area contributed by atoms with Crippen molar-refractivity contribution >= 4 is 29.8 Å². The molecule has 0 spiro atoms. The Bertz CT molecular complexity index is 3100. The molecule has 5 aromatic rings. The zero-order chi connectivity index (χ0) is 49.7. The number of phenolic OH excluding ortho intramolecular Hbond substituents is 14. The summed E-state index contributed by atoms with van der Waals surface area (Å²) in [6.07, 6.45) is -12.2. The fourth-order valence-corrected chi connectivity index (χ4v) is 7.53. The number of aliphatic hydroxyl groups excluding tert-OH is 1. The molecule has 8 rings (SSSR count). The number of fused-ring (bicyclic) bond motifs is 9. The third-order valence-electron chi connectivity index (χ3n) is 10.7. The maximum Gasteiger partial charge on any atom is 0.343 e. The first-order valence-electron chi connectivity index (χ1n) is 18.7. The van der Waals surface area contributed by atoms with E-state index in [1.54, 1.807) is 0 Å². The van der Waals surface area contributed by atoms with Crippen molar-refractivity contribution in [2.24, 2.45) is 0 Å². The average Bonchev–Trinajstić information content (AvgIpc) is 3.30. The molecule has 3 aliphatic rings. The number of rotatable bonds is 3. The maximum absolute atomic E-state index is 14.9. The van der Waals surface area contributed by atoms with Crippen molar-refractivity contribution in [1.29, 1.82) is 0 Å². The molecule has 0 saturated carbocycles. The molecule has 68 heavy (non-hydrogen) atoms. The Morgan fingerprint density at radius 1 is 0.471 bits per heavy atom. The second kappa shape index (κ2) is 15.8. The summed E-state index contributed by atoms with van der Waals surface area (Å²) in [6.45, 7) is -1.25. The standard InChI is InChI=1S/C41H28O27/c42-11-1-7(36(56)57)2-15(22(11)46)64-33-21-20(29(53)30(54)31(33)55)19-8(3-12(43)25(49)28(19)52)37(58)63-6-16-32(66-40(21)61)34-35(41(62)65-16)68-39(60)10-5-14(45)24(48)27(51)18(10)17-9(38(59)67-34)4-13(44)23(47)26(17)50/h1-5,16,32,34-35,41-55,62H,6H2,(H,56,57)/t16-,32-,34+,35-,41?/m1/s1. The van der Waals surface area contributed by atoms with Gasteiger partial charge in [-0.2, -0.15) is 0 Å². The number of benzene rings is 5. The predicted molar refractivity (Wildman–Crippen MR) is 209 cm³/mol. The lowest BCUT2D eigenvalue weighted by Gasteiger charge is -2.43. The fraction of sp³-hybridized carbons (Fsp3) is 0.146. The molecule has 16 N–H and O–H groups in total. The molecule has 0 bridgehead atoms. The van der Waals surface area contributed by atoms with Gasteiger partial charge in [-0.05, 0) is 30.3 Å². The number of carbonyl (C=O) groups is 5. The largest absolute Gasteiger partial charge is 0.504 e. The minimum atomic E-state index is -2.56. The van der Waals surface area contributed by atoms with E-state index in [2.05, 4.69) is 0 Å². The van der Waals surface area contributed by atoms with E-state index in [1.165, 1.54) is 0 Å². The highest BCUT2D eigenvalue weighted by Gasteiger charge is 2.54. The first kappa shape index (κ1) is 45.0. The van der Waals surface area contributed by atoms with Crippen molar-refractivity contribution in [2.45, 2.75) is 30.7 Å². The predicted octanol–water partition coefficient (Wildman–Crippen LogP) is 1.57. The van der Waals surface area contributed by atoms with E-state index in [0.29, 0.717) is 30.3 Å². The smallest absolute Gasteiger partial charge is 0.343 e. The monoisotopic (exact) mass is 952 g/mol. The summed E-state index contributed by atoms with van der Waals surface area (Å²) in [5.41, 5.74) is -10.3. The minimum Gasteiger partial charge on any atom is -0.504 e. The van der Waals surface area contributed by atoms with Crippen LogP contribution in [-0.2, 0) is 23.7 Å². The molecule has 27 nitrogen and oxygen atoms in total. The van der Waals surface area contributed by atoms with Crippen LogP contribution in [-0.4, -0.2) is 149 Å². The summed E-state index contributed by atoms with van der Waals surface area (Å²) in [7, 11) is 0. The number of phenols is 14. The Morgan fingerprint density at radius 3 is 1.43 bits per heavy atom. The lowest BCUT2D eigenvalue weighted by atomic mass is 9.90. The van der Waals surface area contributed by atoms with Gasteiger partial charge in [0.1, 0.15) is 18.3 Å². The van der Waals surface area contributed by atoms with Gasteiger partial charge in [-0.15, -0.1) is 0 Å². The van der Waals surface area contributed by atoms with Crippen LogP contribution in [0.2, 0.25) is 0 Å². The second-order valence-electron chi connectivity index (χ2n) is 14.7. The molecule has 3 heterocycles. The van der Waals surface area contributed by atoms with Crippen LogP contribution in [0.4, 0.5) is 0 Å². The molecule has 0 radical (unpaired) electrons. The lowest BCUT2D eigenvalue weighted by Crippen LogP contribution is -2.62. The molecule has 27 heteroatoms. The van der Waals surface area contributed by atoms with E-state index in [-0.39, 0.29) is 0 Å². The van der Waals surface area contributed by atoms with Gasteiger partial charge in [-0.1, -0.05) is 0 Å². The van der Waals surface area contributed by atoms with Gasteiger partial charge in [0.15, 0.2) is 82.1 Å². The first-order valence-corrected chi connectivity index (χ1v) is 18.7. The summed E-state index contributed by atoms with van der Waals surface area (Å²) >= 11 is 0. The fourth-order valence-electron chi connectivity index (χ4n) is 7.53. The van der Waals surface area contributed by atoms with Crippen molar-refractivity contribution < 1.29 is 134 Å². The van der Waals surface area contributed by atoms with E-state index in [0.717, 1.165) is 0 Å². The van der Waals surface area contributed by atoms with Crippen molar-refractivity contribution in [1.82, 2.24) is 0 Å². The number of esters is 4. The van der Waals surface area contributed by atoms with Gasteiger partial charge in [0, 0.05) is 16.7 Å². The number of aromatic hydroxyl groups is 14. The Balaban J connectivity index is 1.39. The van der Waals surface area contributed by atoms with Crippen molar-refractivity contribution in [3.8, 4) is 114 Å².